The summed E-state index contributed by atoms with van der Waals surface area (Å²) in [6, 6.07) is 15.2. The van der Waals surface area contributed by atoms with E-state index in [2.05, 4.69) is 15.3 Å². The Labute approximate surface area is 227 Å². The molecule has 1 N–H and O–H groups in total. The van der Waals surface area contributed by atoms with Crippen LogP contribution in [0.4, 0.5) is 18.9 Å². The van der Waals surface area contributed by atoms with Crippen LogP contribution in [0.15, 0.2) is 79.3 Å². The van der Waals surface area contributed by atoms with Gasteiger partial charge >= 0.3 is 6.18 Å². The van der Waals surface area contributed by atoms with Crippen LogP contribution in [-0.2, 0) is 6.18 Å². The summed E-state index contributed by atoms with van der Waals surface area (Å²) < 4.78 is 57.7. The molecule has 2 aromatic carbocycles. The van der Waals surface area contributed by atoms with Crippen molar-refractivity contribution in [3.8, 4) is 39.6 Å². The second-order valence-corrected chi connectivity index (χ2v) is 8.64. The number of benzene rings is 2. The van der Waals surface area contributed by atoms with E-state index in [4.69, 9.17) is 14.2 Å². The zero-order valence-corrected chi connectivity index (χ0v) is 21.6. The summed E-state index contributed by atoms with van der Waals surface area (Å²) >= 11 is 0. The lowest BCUT2D eigenvalue weighted by molar-refractivity contribution is -0.137. The standard InChI is InChI=1S/C29H23F3N4O4/c1-38-23-13-20(14-24(39-2)27(23)40-3)35-28(37)22-15-34-25-10-9-18(16-36(22)25)21-8-5-11-33-26(21)17-6-4-7-19(12-17)29(30,31)32/h4-16H,1-3H3,(H,35,37). The number of alkyl halides is 3. The monoisotopic (exact) mass is 548 g/mol. The van der Waals surface area contributed by atoms with E-state index in [-0.39, 0.29) is 5.69 Å². The maximum absolute atomic E-state index is 13.4. The van der Waals surface area contributed by atoms with Gasteiger partial charge in [0.25, 0.3) is 5.91 Å². The van der Waals surface area contributed by atoms with Crippen molar-refractivity contribution in [1.29, 1.82) is 0 Å². The summed E-state index contributed by atoms with van der Waals surface area (Å²) in [5, 5.41) is 2.82. The Kier molecular flexibility index (Phi) is 7.03. The number of nitrogens with zero attached hydrogens (tertiary/aromatic N) is 3. The average molecular weight is 549 g/mol. The highest BCUT2D eigenvalue weighted by Gasteiger charge is 2.30. The van der Waals surface area contributed by atoms with Gasteiger partial charge in [-0.2, -0.15) is 13.2 Å². The molecule has 3 aromatic heterocycles. The Hall–Kier alpha value is -5.06. The van der Waals surface area contributed by atoms with Crippen LogP contribution in [0.1, 0.15) is 16.1 Å². The third kappa shape index (κ3) is 5.00. The van der Waals surface area contributed by atoms with Gasteiger partial charge in [-0.15, -0.1) is 0 Å². The Morgan fingerprint density at radius 1 is 0.875 bits per heavy atom. The Balaban J connectivity index is 1.53. The minimum atomic E-state index is -4.49. The summed E-state index contributed by atoms with van der Waals surface area (Å²) in [5.74, 6) is 0.672. The average Bonchev–Trinajstić information content (AvgIpc) is 3.39. The van der Waals surface area contributed by atoms with Crippen LogP contribution in [0, 0.1) is 0 Å². The summed E-state index contributed by atoms with van der Waals surface area (Å²) in [7, 11) is 4.43. The quantitative estimate of drug-likeness (QED) is 0.255. The zero-order chi connectivity index (χ0) is 28.4. The molecule has 0 aliphatic carbocycles. The first-order valence-electron chi connectivity index (χ1n) is 11.9. The van der Waals surface area contributed by atoms with Crippen LogP contribution in [-0.4, -0.2) is 41.6 Å². The fourth-order valence-electron chi connectivity index (χ4n) is 4.37. The summed E-state index contributed by atoms with van der Waals surface area (Å²) in [6.45, 7) is 0. The number of amides is 1. The van der Waals surface area contributed by atoms with Crippen molar-refractivity contribution in [3.63, 3.8) is 0 Å². The van der Waals surface area contributed by atoms with E-state index in [0.29, 0.717) is 51.0 Å². The Morgan fingerprint density at radius 2 is 1.62 bits per heavy atom. The molecule has 0 fully saturated rings. The van der Waals surface area contributed by atoms with Gasteiger partial charge in [0.2, 0.25) is 5.75 Å². The summed E-state index contributed by atoms with van der Waals surface area (Å²) in [6.07, 6.45) is 0.163. The number of carbonyl (C=O) groups is 1. The number of methoxy groups -OCH3 is 3. The van der Waals surface area contributed by atoms with E-state index in [9.17, 15) is 18.0 Å². The smallest absolute Gasteiger partial charge is 0.416 e. The molecule has 1 amide bonds. The molecule has 204 valence electrons. The number of fused-ring (bicyclic) bond motifs is 1. The lowest BCUT2D eigenvalue weighted by Crippen LogP contribution is -2.14. The number of pyridine rings is 2. The molecule has 0 bridgehead atoms. The molecule has 5 aromatic rings. The van der Waals surface area contributed by atoms with Crippen molar-refractivity contribution in [2.24, 2.45) is 0 Å². The van der Waals surface area contributed by atoms with Gasteiger partial charge in [-0.25, -0.2) is 4.98 Å². The number of hydrogen-bond donors (Lipinski definition) is 1. The van der Waals surface area contributed by atoms with Gasteiger partial charge in [-0.1, -0.05) is 18.2 Å². The second kappa shape index (κ2) is 10.6. The third-order valence-electron chi connectivity index (χ3n) is 6.24. The molecule has 0 unspecified atom stereocenters. The first-order valence-corrected chi connectivity index (χ1v) is 11.9. The maximum Gasteiger partial charge on any atom is 0.416 e. The zero-order valence-electron chi connectivity index (χ0n) is 21.6. The normalized spacial score (nSPS) is 11.3. The highest BCUT2D eigenvalue weighted by atomic mass is 19.4. The Bertz CT molecular complexity index is 1690. The van der Waals surface area contributed by atoms with Crippen LogP contribution in [0.5, 0.6) is 17.2 Å². The van der Waals surface area contributed by atoms with Gasteiger partial charge in [0.05, 0.1) is 38.8 Å². The van der Waals surface area contributed by atoms with Crippen LogP contribution < -0.4 is 19.5 Å². The molecule has 0 aliphatic heterocycles. The minimum Gasteiger partial charge on any atom is -0.493 e. The molecule has 0 atom stereocenters. The highest BCUT2D eigenvalue weighted by molar-refractivity contribution is 6.04. The molecule has 3 heterocycles. The lowest BCUT2D eigenvalue weighted by atomic mass is 9.99. The van der Waals surface area contributed by atoms with Crippen molar-refractivity contribution >= 4 is 17.2 Å². The number of hydrogen-bond acceptors (Lipinski definition) is 6. The van der Waals surface area contributed by atoms with E-state index in [1.807, 2.05) is 0 Å². The van der Waals surface area contributed by atoms with Gasteiger partial charge < -0.3 is 19.5 Å². The molecule has 0 radical (unpaired) electrons. The number of nitrogens with one attached hydrogen (secondary N) is 1. The van der Waals surface area contributed by atoms with Crippen LogP contribution in [0.3, 0.4) is 0 Å². The fourth-order valence-corrected chi connectivity index (χ4v) is 4.37. The van der Waals surface area contributed by atoms with E-state index in [1.54, 1.807) is 53.1 Å². The van der Waals surface area contributed by atoms with Crippen molar-refractivity contribution < 1.29 is 32.2 Å². The van der Waals surface area contributed by atoms with Crippen LogP contribution >= 0.6 is 0 Å². The fraction of sp³-hybridized carbons (Fsp3) is 0.138. The van der Waals surface area contributed by atoms with Gasteiger partial charge in [0, 0.05) is 46.9 Å². The largest absolute Gasteiger partial charge is 0.493 e. The van der Waals surface area contributed by atoms with E-state index < -0.39 is 17.6 Å². The molecular weight excluding hydrogens is 525 g/mol. The number of aromatic nitrogens is 3. The van der Waals surface area contributed by atoms with Gasteiger partial charge in [-0.05, 0) is 30.3 Å². The number of anilines is 1. The maximum atomic E-state index is 13.4. The van der Waals surface area contributed by atoms with E-state index >= 15 is 0 Å². The first kappa shape index (κ1) is 26.5. The van der Waals surface area contributed by atoms with Crippen molar-refractivity contribution in [1.82, 2.24) is 14.4 Å². The van der Waals surface area contributed by atoms with E-state index in [0.717, 1.165) is 12.1 Å². The van der Waals surface area contributed by atoms with E-state index in [1.165, 1.54) is 39.8 Å². The van der Waals surface area contributed by atoms with Crippen LogP contribution in [0.2, 0.25) is 0 Å². The highest BCUT2D eigenvalue weighted by Crippen LogP contribution is 2.40. The molecule has 11 heteroatoms. The molecule has 40 heavy (non-hydrogen) atoms. The number of rotatable bonds is 7. The van der Waals surface area contributed by atoms with Gasteiger partial charge in [0.1, 0.15) is 11.3 Å². The van der Waals surface area contributed by atoms with Gasteiger partial charge in [-0.3, -0.25) is 14.2 Å². The predicted molar refractivity (Wildman–Crippen MR) is 143 cm³/mol. The van der Waals surface area contributed by atoms with Crippen LogP contribution in [0.25, 0.3) is 28.0 Å². The number of halogens is 3. The number of imidazole rings is 1. The van der Waals surface area contributed by atoms with Crippen molar-refractivity contribution in [2.75, 3.05) is 26.6 Å². The predicted octanol–water partition coefficient (Wildman–Crippen LogP) is 6.36. The second-order valence-electron chi connectivity index (χ2n) is 8.64. The molecule has 0 spiro atoms. The summed E-state index contributed by atoms with van der Waals surface area (Å²) in [5.41, 5.74) is 2.29. The molecule has 0 saturated heterocycles. The number of carbonyl (C=O) groups excluding carboxylic acids is 1. The molecule has 0 saturated carbocycles. The SMILES string of the molecule is COc1cc(NC(=O)c2cnc3ccc(-c4cccnc4-c4cccc(C(F)(F)F)c4)cn23)cc(OC)c1OC. The lowest BCUT2D eigenvalue weighted by Gasteiger charge is -2.14. The topological polar surface area (TPSA) is 87.0 Å². The molecule has 0 aliphatic rings. The first-order chi connectivity index (χ1) is 19.2. The minimum absolute atomic E-state index is 0.232. The van der Waals surface area contributed by atoms with Gasteiger partial charge in [0.15, 0.2) is 11.5 Å². The molecule has 8 nitrogen and oxygen atoms in total. The Morgan fingerprint density at radius 3 is 2.30 bits per heavy atom. The van der Waals surface area contributed by atoms with Crippen molar-refractivity contribution in [3.05, 3.63) is 90.5 Å². The molecule has 5 rings (SSSR count). The third-order valence-corrected chi connectivity index (χ3v) is 6.24. The van der Waals surface area contributed by atoms with Crippen molar-refractivity contribution in [2.45, 2.75) is 6.18 Å². The molecular formula is C29H23F3N4O4. The number of ether oxygens (including phenoxy) is 3. The summed E-state index contributed by atoms with van der Waals surface area (Å²) in [4.78, 5) is 22.0.